The van der Waals surface area contributed by atoms with E-state index in [9.17, 15) is 0 Å². The number of terminal acetylenes is 1. The predicted octanol–water partition coefficient (Wildman–Crippen LogP) is 2.73. The molecule has 0 aliphatic rings. The second-order valence-corrected chi connectivity index (χ2v) is 5.57. The van der Waals surface area contributed by atoms with Gasteiger partial charge in [0.25, 0.3) is 0 Å². The second kappa shape index (κ2) is 7.77. The van der Waals surface area contributed by atoms with Crippen LogP contribution in [0.2, 0.25) is 5.02 Å². The SMILES string of the molecule is C#CCSc1nnc(CC#N)n1-c1cc(OC)c(Cl)cc1OC. The van der Waals surface area contributed by atoms with E-state index in [1.54, 1.807) is 16.7 Å². The van der Waals surface area contributed by atoms with Crippen LogP contribution in [0, 0.1) is 23.7 Å². The molecule has 118 valence electrons. The Labute approximate surface area is 143 Å². The third kappa shape index (κ3) is 3.53. The maximum atomic E-state index is 9.00. The summed E-state index contributed by atoms with van der Waals surface area (Å²) >= 11 is 7.48. The molecule has 0 amide bonds. The first-order chi connectivity index (χ1) is 11.2. The number of methoxy groups -OCH3 is 2. The minimum Gasteiger partial charge on any atom is -0.495 e. The Bertz CT molecular complexity index is 792. The molecule has 0 saturated heterocycles. The average Bonchev–Trinajstić information content (AvgIpc) is 2.95. The number of ether oxygens (including phenoxy) is 2. The van der Waals surface area contributed by atoms with Gasteiger partial charge in [0.1, 0.15) is 11.5 Å². The lowest BCUT2D eigenvalue weighted by Gasteiger charge is -2.15. The topological polar surface area (TPSA) is 73.0 Å². The highest BCUT2D eigenvalue weighted by Gasteiger charge is 2.19. The minimum absolute atomic E-state index is 0.0950. The van der Waals surface area contributed by atoms with Crippen molar-refractivity contribution >= 4 is 23.4 Å². The number of hydrogen-bond donors (Lipinski definition) is 0. The van der Waals surface area contributed by atoms with Crippen molar-refractivity contribution in [3.8, 4) is 35.6 Å². The van der Waals surface area contributed by atoms with Crippen LogP contribution in [0.15, 0.2) is 17.3 Å². The third-order valence-corrected chi connectivity index (χ3v) is 4.05. The molecule has 0 radical (unpaired) electrons. The Kier molecular flexibility index (Phi) is 5.75. The van der Waals surface area contributed by atoms with Crippen LogP contribution in [0.4, 0.5) is 0 Å². The van der Waals surface area contributed by atoms with Crippen LogP contribution in [-0.4, -0.2) is 34.7 Å². The molecule has 1 aromatic heterocycles. The lowest BCUT2D eigenvalue weighted by Crippen LogP contribution is -2.05. The highest BCUT2D eigenvalue weighted by molar-refractivity contribution is 7.99. The summed E-state index contributed by atoms with van der Waals surface area (Å²) in [6.45, 7) is 0. The summed E-state index contributed by atoms with van der Waals surface area (Å²) in [5.74, 6) is 4.44. The Morgan fingerprint density at radius 3 is 2.65 bits per heavy atom. The van der Waals surface area contributed by atoms with Gasteiger partial charge in [0, 0.05) is 12.1 Å². The molecule has 6 nitrogen and oxygen atoms in total. The number of nitrogens with zero attached hydrogens (tertiary/aromatic N) is 4. The lowest BCUT2D eigenvalue weighted by molar-refractivity contribution is 0.401. The predicted molar refractivity (Wildman–Crippen MR) is 88.3 cm³/mol. The molecule has 1 heterocycles. The van der Waals surface area contributed by atoms with Gasteiger partial charge < -0.3 is 9.47 Å². The van der Waals surface area contributed by atoms with Gasteiger partial charge in [-0.2, -0.15) is 5.26 Å². The van der Waals surface area contributed by atoms with Crippen molar-refractivity contribution in [3.63, 3.8) is 0 Å². The maximum Gasteiger partial charge on any atom is 0.196 e. The molecular formula is C15H13ClN4O2S. The molecule has 0 aliphatic carbocycles. The van der Waals surface area contributed by atoms with Crippen molar-refractivity contribution in [1.82, 2.24) is 14.8 Å². The van der Waals surface area contributed by atoms with E-state index < -0.39 is 0 Å². The van der Waals surface area contributed by atoms with E-state index >= 15 is 0 Å². The average molecular weight is 349 g/mol. The molecular weight excluding hydrogens is 336 g/mol. The van der Waals surface area contributed by atoms with Gasteiger partial charge in [-0.3, -0.25) is 4.57 Å². The Morgan fingerprint density at radius 2 is 2.04 bits per heavy atom. The first-order valence-electron chi connectivity index (χ1n) is 6.45. The number of halogens is 1. The van der Waals surface area contributed by atoms with Gasteiger partial charge in [-0.1, -0.05) is 29.3 Å². The largest absolute Gasteiger partial charge is 0.495 e. The van der Waals surface area contributed by atoms with Crippen molar-refractivity contribution in [2.24, 2.45) is 0 Å². The van der Waals surface area contributed by atoms with Crippen molar-refractivity contribution in [2.75, 3.05) is 20.0 Å². The number of rotatable bonds is 6. The first kappa shape index (κ1) is 17.0. The van der Waals surface area contributed by atoms with Crippen molar-refractivity contribution in [3.05, 3.63) is 23.0 Å². The standard InChI is InChI=1S/C15H13ClN4O2S/c1-4-7-23-15-19-18-14(5-6-17)20(15)11-9-12(21-2)10(16)8-13(11)22-3/h1,8-9H,5,7H2,2-3H3. The van der Waals surface area contributed by atoms with Crippen LogP contribution < -0.4 is 9.47 Å². The molecule has 0 bridgehead atoms. The monoisotopic (exact) mass is 348 g/mol. The quantitative estimate of drug-likeness (QED) is 0.590. The smallest absolute Gasteiger partial charge is 0.196 e. The molecule has 0 aliphatic heterocycles. The molecule has 8 heteroatoms. The van der Waals surface area contributed by atoms with E-state index in [0.29, 0.717) is 38.9 Å². The summed E-state index contributed by atoms with van der Waals surface area (Å²) in [6.07, 6.45) is 5.40. The highest BCUT2D eigenvalue weighted by Crippen LogP contribution is 2.36. The van der Waals surface area contributed by atoms with E-state index in [2.05, 4.69) is 22.2 Å². The summed E-state index contributed by atoms with van der Waals surface area (Å²) in [5.41, 5.74) is 0.628. The Morgan fingerprint density at radius 1 is 1.30 bits per heavy atom. The van der Waals surface area contributed by atoms with Crippen LogP contribution in [0.3, 0.4) is 0 Å². The zero-order valence-electron chi connectivity index (χ0n) is 12.5. The summed E-state index contributed by atoms with van der Waals surface area (Å²) in [6, 6.07) is 5.42. The number of hydrogen-bond acceptors (Lipinski definition) is 6. The zero-order valence-corrected chi connectivity index (χ0v) is 14.1. The number of aromatic nitrogens is 3. The molecule has 0 saturated carbocycles. The van der Waals surface area contributed by atoms with E-state index in [1.807, 2.05) is 0 Å². The molecule has 2 aromatic rings. The Hall–Kier alpha value is -2.35. The molecule has 0 atom stereocenters. The fourth-order valence-electron chi connectivity index (χ4n) is 1.95. The summed E-state index contributed by atoms with van der Waals surface area (Å²) in [5, 5.41) is 18.1. The van der Waals surface area contributed by atoms with Crippen molar-refractivity contribution < 1.29 is 9.47 Å². The molecule has 23 heavy (non-hydrogen) atoms. The van der Waals surface area contributed by atoms with Crippen LogP contribution in [-0.2, 0) is 6.42 Å². The van der Waals surface area contributed by atoms with Crippen LogP contribution >= 0.6 is 23.4 Å². The first-order valence-corrected chi connectivity index (χ1v) is 7.82. The fourth-order valence-corrected chi connectivity index (χ4v) is 2.82. The number of nitriles is 1. The van der Waals surface area contributed by atoms with Gasteiger partial charge in [-0.05, 0) is 0 Å². The van der Waals surface area contributed by atoms with Crippen molar-refractivity contribution in [1.29, 1.82) is 5.26 Å². The van der Waals surface area contributed by atoms with Crippen molar-refractivity contribution in [2.45, 2.75) is 11.6 Å². The van der Waals surface area contributed by atoms with E-state index in [0.717, 1.165) is 0 Å². The van der Waals surface area contributed by atoms with Gasteiger partial charge in [0.05, 0.1) is 43.2 Å². The molecule has 2 rings (SSSR count). The molecule has 0 fully saturated rings. The van der Waals surface area contributed by atoms with Crippen LogP contribution in [0.25, 0.3) is 5.69 Å². The molecule has 0 spiro atoms. The minimum atomic E-state index is 0.0950. The lowest BCUT2D eigenvalue weighted by atomic mass is 10.2. The maximum absolute atomic E-state index is 9.00. The number of benzene rings is 1. The van der Waals surface area contributed by atoms with Gasteiger partial charge in [-0.15, -0.1) is 16.6 Å². The van der Waals surface area contributed by atoms with E-state index in [1.165, 1.54) is 26.0 Å². The zero-order chi connectivity index (χ0) is 16.8. The normalized spacial score (nSPS) is 9.96. The third-order valence-electron chi connectivity index (χ3n) is 2.92. The van der Waals surface area contributed by atoms with Gasteiger partial charge in [0.15, 0.2) is 11.0 Å². The highest BCUT2D eigenvalue weighted by atomic mass is 35.5. The summed E-state index contributed by atoms with van der Waals surface area (Å²) in [7, 11) is 3.05. The van der Waals surface area contributed by atoms with Crippen LogP contribution in [0.1, 0.15) is 5.82 Å². The Balaban J connectivity index is 2.66. The molecule has 1 aromatic carbocycles. The molecule has 0 N–H and O–H groups in total. The van der Waals surface area contributed by atoms with Gasteiger partial charge in [0.2, 0.25) is 0 Å². The summed E-state index contributed by atoms with van der Waals surface area (Å²) < 4.78 is 12.4. The summed E-state index contributed by atoms with van der Waals surface area (Å²) in [4.78, 5) is 0. The van der Waals surface area contributed by atoms with E-state index in [-0.39, 0.29) is 6.42 Å². The van der Waals surface area contributed by atoms with Gasteiger partial charge >= 0.3 is 0 Å². The second-order valence-electron chi connectivity index (χ2n) is 4.22. The van der Waals surface area contributed by atoms with Gasteiger partial charge in [-0.25, -0.2) is 0 Å². The number of thioether (sulfide) groups is 1. The van der Waals surface area contributed by atoms with E-state index in [4.69, 9.17) is 32.8 Å². The molecule has 0 unspecified atom stereocenters. The van der Waals surface area contributed by atoms with Crippen LogP contribution in [0.5, 0.6) is 11.5 Å². The fraction of sp³-hybridized carbons (Fsp3) is 0.267.